The number of hydrogen-bond acceptors (Lipinski definition) is 2. The van der Waals surface area contributed by atoms with E-state index in [2.05, 4.69) is 10.6 Å². The summed E-state index contributed by atoms with van der Waals surface area (Å²) >= 11 is 0. The Morgan fingerprint density at radius 2 is 1.62 bits per heavy atom. The fourth-order valence-corrected chi connectivity index (χ4v) is 2.88. The first kappa shape index (κ1) is 22.5. The zero-order valence-corrected chi connectivity index (χ0v) is 16.6. The second-order valence-corrected chi connectivity index (χ2v) is 7.25. The van der Waals surface area contributed by atoms with Crippen molar-refractivity contribution in [1.82, 2.24) is 10.6 Å². The number of aryl methyl sites for hydroxylation is 1. The van der Waals surface area contributed by atoms with Crippen LogP contribution in [-0.2, 0) is 17.4 Å². The van der Waals surface area contributed by atoms with Gasteiger partial charge in [0.15, 0.2) is 0 Å². The molecule has 7 heteroatoms. The number of benzene rings is 2. The first-order valence-corrected chi connectivity index (χ1v) is 9.40. The van der Waals surface area contributed by atoms with E-state index in [1.54, 1.807) is 12.1 Å². The standard InChI is InChI=1S/C22H25F3N2O2/c1-14(2)19(27-20(28)18-7-5-4-6-15(18)3)21(29)26-13-12-16-8-10-17(11-9-16)22(23,24)25/h4-11,14,19H,12-13H2,1-3H3,(H,26,29)(H,27,28)/t19-/m0/s1. The van der Waals surface area contributed by atoms with Crippen LogP contribution in [0, 0.1) is 12.8 Å². The van der Waals surface area contributed by atoms with Crippen LogP contribution in [0.25, 0.3) is 0 Å². The van der Waals surface area contributed by atoms with Crippen molar-refractivity contribution < 1.29 is 22.8 Å². The summed E-state index contributed by atoms with van der Waals surface area (Å²) < 4.78 is 37.8. The molecule has 0 radical (unpaired) electrons. The van der Waals surface area contributed by atoms with E-state index in [1.807, 2.05) is 32.9 Å². The summed E-state index contributed by atoms with van der Waals surface area (Å²) in [6.07, 6.45) is -3.98. The van der Waals surface area contributed by atoms with Crippen LogP contribution < -0.4 is 10.6 Å². The highest BCUT2D eigenvalue weighted by Gasteiger charge is 2.30. The van der Waals surface area contributed by atoms with Crippen LogP contribution in [0.3, 0.4) is 0 Å². The van der Waals surface area contributed by atoms with Crippen LogP contribution in [0.2, 0.25) is 0 Å². The van der Waals surface area contributed by atoms with Gasteiger partial charge >= 0.3 is 6.18 Å². The lowest BCUT2D eigenvalue weighted by Gasteiger charge is -2.22. The normalized spacial score (nSPS) is 12.5. The predicted octanol–water partition coefficient (Wildman–Crippen LogP) is 4.13. The van der Waals surface area contributed by atoms with Gasteiger partial charge in [-0.1, -0.05) is 44.2 Å². The molecule has 29 heavy (non-hydrogen) atoms. The zero-order valence-electron chi connectivity index (χ0n) is 16.6. The molecule has 4 nitrogen and oxygen atoms in total. The summed E-state index contributed by atoms with van der Waals surface area (Å²) in [4.78, 5) is 25.0. The summed E-state index contributed by atoms with van der Waals surface area (Å²) in [5, 5.41) is 5.52. The molecule has 0 bridgehead atoms. The van der Waals surface area contributed by atoms with Crippen LogP contribution in [0.4, 0.5) is 13.2 Å². The Balaban J connectivity index is 1.93. The minimum Gasteiger partial charge on any atom is -0.354 e. The van der Waals surface area contributed by atoms with Crippen LogP contribution >= 0.6 is 0 Å². The van der Waals surface area contributed by atoms with Crippen LogP contribution in [-0.4, -0.2) is 24.4 Å². The molecule has 0 aliphatic carbocycles. The van der Waals surface area contributed by atoms with Gasteiger partial charge in [0.1, 0.15) is 6.04 Å². The summed E-state index contributed by atoms with van der Waals surface area (Å²) in [6.45, 7) is 5.74. The largest absolute Gasteiger partial charge is 0.416 e. The van der Waals surface area contributed by atoms with E-state index >= 15 is 0 Å². The first-order valence-electron chi connectivity index (χ1n) is 9.40. The second-order valence-electron chi connectivity index (χ2n) is 7.25. The number of halogens is 3. The fourth-order valence-electron chi connectivity index (χ4n) is 2.88. The summed E-state index contributed by atoms with van der Waals surface area (Å²) in [5.74, 6) is -0.775. The lowest BCUT2D eigenvalue weighted by Crippen LogP contribution is -2.50. The number of carbonyl (C=O) groups is 2. The molecule has 156 valence electrons. The van der Waals surface area contributed by atoms with E-state index in [1.165, 1.54) is 12.1 Å². The van der Waals surface area contributed by atoms with Crippen LogP contribution in [0.5, 0.6) is 0 Å². The SMILES string of the molecule is Cc1ccccc1C(=O)N[C@H](C(=O)NCCc1ccc(C(F)(F)F)cc1)C(C)C. The number of nitrogens with one attached hydrogen (secondary N) is 2. The third-order valence-electron chi connectivity index (χ3n) is 4.62. The van der Waals surface area contributed by atoms with Crippen molar-refractivity contribution >= 4 is 11.8 Å². The third-order valence-corrected chi connectivity index (χ3v) is 4.62. The van der Waals surface area contributed by atoms with Crippen molar-refractivity contribution in [3.05, 3.63) is 70.8 Å². The minimum atomic E-state index is -4.37. The summed E-state index contributed by atoms with van der Waals surface area (Å²) in [6, 6.07) is 11.2. The Labute approximate surface area is 168 Å². The maximum absolute atomic E-state index is 12.6. The van der Waals surface area contributed by atoms with Gasteiger partial charge in [-0.2, -0.15) is 13.2 Å². The Kier molecular flexibility index (Phi) is 7.42. The van der Waals surface area contributed by atoms with Gasteiger partial charge in [0, 0.05) is 12.1 Å². The number of carbonyl (C=O) groups excluding carboxylic acids is 2. The quantitative estimate of drug-likeness (QED) is 0.727. The van der Waals surface area contributed by atoms with Gasteiger partial charge < -0.3 is 10.6 Å². The Morgan fingerprint density at radius 3 is 2.17 bits per heavy atom. The molecule has 0 aliphatic heterocycles. The van der Waals surface area contributed by atoms with Gasteiger partial charge in [0.2, 0.25) is 5.91 Å². The average molecular weight is 406 g/mol. The highest BCUT2D eigenvalue weighted by molar-refractivity contribution is 5.98. The molecule has 0 aliphatic rings. The molecule has 0 spiro atoms. The van der Waals surface area contributed by atoms with Gasteiger partial charge in [-0.15, -0.1) is 0 Å². The molecule has 2 aromatic carbocycles. The number of hydrogen-bond donors (Lipinski definition) is 2. The molecule has 2 N–H and O–H groups in total. The molecule has 1 atom stereocenters. The molecule has 0 saturated carbocycles. The van der Waals surface area contributed by atoms with Crippen LogP contribution in [0.1, 0.15) is 40.9 Å². The molecular weight excluding hydrogens is 381 g/mol. The molecule has 0 unspecified atom stereocenters. The molecule has 2 aromatic rings. The molecule has 0 heterocycles. The van der Waals surface area contributed by atoms with Crippen molar-refractivity contribution in [2.24, 2.45) is 5.92 Å². The third kappa shape index (κ3) is 6.34. The summed E-state index contributed by atoms with van der Waals surface area (Å²) in [5.41, 5.74) is 1.30. The van der Waals surface area contributed by atoms with E-state index in [-0.39, 0.29) is 24.3 Å². The Bertz CT molecular complexity index is 846. The molecular formula is C22H25F3N2O2. The lowest BCUT2D eigenvalue weighted by molar-refractivity contribution is -0.137. The maximum atomic E-state index is 12.6. The Hall–Kier alpha value is -2.83. The van der Waals surface area contributed by atoms with Gasteiger partial charge in [0.05, 0.1) is 5.56 Å². The molecule has 0 fully saturated rings. The smallest absolute Gasteiger partial charge is 0.354 e. The van der Waals surface area contributed by atoms with Crippen molar-refractivity contribution in [1.29, 1.82) is 0 Å². The van der Waals surface area contributed by atoms with Crippen molar-refractivity contribution in [3.8, 4) is 0 Å². The number of alkyl halides is 3. The van der Waals surface area contributed by atoms with Crippen molar-refractivity contribution in [2.45, 2.75) is 39.4 Å². The van der Waals surface area contributed by atoms with Gasteiger partial charge in [-0.05, 0) is 48.6 Å². The molecule has 0 saturated heterocycles. The fraction of sp³-hybridized carbons (Fsp3) is 0.364. The second kappa shape index (κ2) is 9.58. The van der Waals surface area contributed by atoms with Gasteiger partial charge in [-0.25, -0.2) is 0 Å². The van der Waals surface area contributed by atoms with Crippen LogP contribution in [0.15, 0.2) is 48.5 Å². The monoisotopic (exact) mass is 406 g/mol. The first-order chi connectivity index (χ1) is 13.6. The maximum Gasteiger partial charge on any atom is 0.416 e. The van der Waals surface area contributed by atoms with E-state index in [9.17, 15) is 22.8 Å². The predicted molar refractivity (Wildman–Crippen MR) is 105 cm³/mol. The van der Waals surface area contributed by atoms with E-state index in [0.717, 1.165) is 17.7 Å². The molecule has 2 rings (SSSR count). The van der Waals surface area contributed by atoms with Crippen molar-refractivity contribution in [3.63, 3.8) is 0 Å². The van der Waals surface area contributed by atoms with Gasteiger partial charge in [0.25, 0.3) is 5.91 Å². The number of rotatable bonds is 7. The van der Waals surface area contributed by atoms with E-state index < -0.39 is 17.8 Å². The molecule has 2 amide bonds. The molecule has 0 aromatic heterocycles. The van der Waals surface area contributed by atoms with Gasteiger partial charge in [-0.3, -0.25) is 9.59 Å². The zero-order chi connectivity index (χ0) is 21.6. The minimum absolute atomic E-state index is 0.131. The highest BCUT2D eigenvalue weighted by Crippen LogP contribution is 2.29. The lowest BCUT2D eigenvalue weighted by atomic mass is 10.0. The topological polar surface area (TPSA) is 58.2 Å². The Morgan fingerprint density at radius 1 is 1.00 bits per heavy atom. The summed E-state index contributed by atoms with van der Waals surface area (Å²) in [7, 11) is 0. The van der Waals surface area contributed by atoms with E-state index in [4.69, 9.17) is 0 Å². The van der Waals surface area contributed by atoms with Crippen molar-refractivity contribution in [2.75, 3.05) is 6.54 Å². The highest BCUT2D eigenvalue weighted by atomic mass is 19.4. The number of amides is 2. The van der Waals surface area contributed by atoms with E-state index in [0.29, 0.717) is 17.5 Å². The average Bonchev–Trinajstić information content (AvgIpc) is 2.65.